The Hall–Kier alpha value is -2.37. The monoisotopic (exact) mass is 387 g/mol. The lowest BCUT2D eigenvalue weighted by atomic mass is 10.0. The molecule has 3 rings (SSSR count). The number of fused-ring (bicyclic) bond motifs is 1. The molecule has 1 aliphatic heterocycles. The zero-order valence-corrected chi connectivity index (χ0v) is 16.2. The molecule has 6 heteroatoms. The minimum atomic E-state index is -0.0589. The van der Waals surface area contributed by atoms with Crippen LogP contribution in [0.15, 0.2) is 54.6 Å². The van der Waals surface area contributed by atoms with Crippen LogP contribution >= 0.6 is 12.4 Å². The van der Waals surface area contributed by atoms with Crippen molar-refractivity contribution in [1.82, 2.24) is 4.90 Å². The van der Waals surface area contributed by atoms with Crippen LogP contribution in [0.3, 0.4) is 0 Å². The second-order valence-corrected chi connectivity index (χ2v) is 6.51. The van der Waals surface area contributed by atoms with Crippen LogP contribution in [0.1, 0.15) is 17.5 Å². The van der Waals surface area contributed by atoms with Gasteiger partial charge in [0, 0.05) is 31.7 Å². The Morgan fingerprint density at radius 1 is 1.00 bits per heavy atom. The number of anilines is 1. The van der Waals surface area contributed by atoms with Crippen molar-refractivity contribution in [2.24, 2.45) is 5.73 Å². The molecular formula is C21H26ClN3O2. The zero-order valence-electron chi connectivity index (χ0n) is 15.3. The van der Waals surface area contributed by atoms with Crippen molar-refractivity contribution in [2.75, 3.05) is 31.1 Å². The van der Waals surface area contributed by atoms with Gasteiger partial charge in [0.25, 0.3) is 0 Å². The van der Waals surface area contributed by atoms with E-state index in [4.69, 9.17) is 5.73 Å². The van der Waals surface area contributed by atoms with E-state index in [1.165, 1.54) is 5.56 Å². The number of halogens is 1. The fourth-order valence-electron chi connectivity index (χ4n) is 3.33. The highest BCUT2D eigenvalue weighted by atomic mass is 35.5. The van der Waals surface area contributed by atoms with Crippen molar-refractivity contribution in [3.8, 4) is 0 Å². The van der Waals surface area contributed by atoms with Crippen LogP contribution in [-0.4, -0.2) is 42.9 Å². The number of hydrogen-bond donors (Lipinski definition) is 1. The summed E-state index contributed by atoms with van der Waals surface area (Å²) in [6.07, 6.45) is 1.96. The number of benzene rings is 2. The van der Waals surface area contributed by atoms with Crippen LogP contribution in [0.5, 0.6) is 0 Å². The first kappa shape index (κ1) is 20.9. The quantitative estimate of drug-likeness (QED) is 0.793. The first-order valence-electron chi connectivity index (χ1n) is 9.09. The number of para-hydroxylation sites is 1. The Balaban J connectivity index is 0.00000261. The van der Waals surface area contributed by atoms with E-state index in [-0.39, 0.29) is 30.8 Å². The molecule has 0 fully saturated rings. The van der Waals surface area contributed by atoms with Crippen LogP contribution < -0.4 is 10.6 Å². The minimum absolute atomic E-state index is 0. The summed E-state index contributed by atoms with van der Waals surface area (Å²) in [5.74, 6) is -0.0516. The third kappa shape index (κ3) is 5.31. The predicted molar refractivity (Wildman–Crippen MR) is 110 cm³/mol. The molecule has 1 heterocycles. The van der Waals surface area contributed by atoms with Gasteiger partial charge < -0.3 is 15.5 Å². The average Bonchev–Trinajstić information content (AvgIpc) is 2.68. The summed E-state index contributed by atoms with van der Waals surface area (Å²) in [5, 5.41) is 0. The van der Waals surface area contributed by atoms with Gasteiger partial charge in [0.1, 0.15) is 6.54 Å². The lowest BCUT2D eigenvalue weighted by Crippen LogP contribution is -2.46. The predicted octanol–water partition coefficient (Wildman–Crippen LogP) is 2.42. The Labute approximate surface area is 166 Å². The van der Waals surface area contributed by atoms with Crippen LogP contribution in [0.4, 0.5) is 5.69 Å². The Morgan fingerprint density at radius 2 is 1.70 bits per heavy atom. The number of nitrogens with zero attached hydrogens (tertiary/aromatic N) is 2. The van der Waals surface area contributed by atoms with E-state index in [0.29, 0.717) is 26.1 Å². The van der Waals surface area contributed by atoms with Crippen LogP contribution in [0.2, 0.25) is 0 Å². The molecule has 27 heavy (non-hydrogen) atoms. The van der Waals surface area contributed by atoms with E-state index in [1.54, 1.807) is 9.80 Å². The van der Waals surface area contributed by atoms with Crippen LogP contribution in [0, 0.1) is 0 Å². The van der Waals surface area contributed by atoms with Gasteiger partial charge in [0.05, 0.1) is 0 Å². The molecule has 0 unspecified atom stereocenters. The summed E-state index contributed by atoms with van der Waals surface area (Å²) in [5.41, 5.74) is 8.86. The van der Waals surface area contributed by atoms with E-state index in [2.05, 4.69) is 12.1 Å². The number of hydrogen-bond acceptors (Lipinski definition) is 3. The van der Waals surface area contributed by atoms with Crippen LogP contribution in [-0.2, 0) is 22.4 Å². The van der Waals surface area contributed by atoms with Gasteiger partial charge in [0.15, 0.2) is 0 Å². The molecule has 1 aliphatic rings. The van der Waals surface area contributed by atoms with Gasteiger partial charge in [-0.25, -0.2) is 0 Å². The van der Waals surface area contributed by atoms with Gasteiger partial charge in [-0.3, -0.25) is 9.59 Å². The summed E-state index contributed by atoms with van der Waals surface area (Å²) in [4.78, 5) is 28.6. The van der Waals surface area contributed by atoms with E-state index in [1.807, 2.05) is 42.5 Å². The van der Waals surface area contributed by atoms with Crippen LogP contribution in [0.25, 0.3) is 0 Å². The molecule has 0 aliphatic carbocycles. The van der Waals surface area contributed by atoms with Gasteiger partial charge in [0.2, 0.25) is 11.8 Å². The Morgan fingerprint density at radius 3 is 2.44 bits per heavy atom. The van der Waals surface area contributed by atoms with E-state index < -0.39 is 0 Å². The minimum Gasteiger partial charge on any atom is -0.340 e. The van der Waals surface area contributed by atoms with E-state index in [9.17, 15) is 9.59 Å². The second kappa shape index (κ2) is 10.1. The standard InChI is InChI=1S/C21H25N3O2.ClH/c22-13-15-23(14-12-17-6-2-1-3-7-17)21(26)16-24-19-9-5-4-8-18(19)10-11-20(24)25;/h1-9H,10-16,22H2;1H. The largest absolute Gasteiger partial charge is 0.340 e. The first-order chi connectivity index (χ1) is 12.7. The first-order valence-corrected chi connectivity index (χ1v) is 9.09. The maximum absolute atomic E-state index is 12.9. The molecular weight excluding hydrogens is 362 g/mol. The Kier molecular flexibility index (Phi) is 7.82. The maximum atomic E-state index is 12.9. The summed E-state index contributed by atoms with van der Waals surface area (Å²) < 4.78 is 0. The summed E-state index contributed by atoms with van der Waals surface area (Å²) in [6.45, 7) is 1.58. The third-order valence-electron chi connectivity index (χ3n) is 4.75. The highest BCUT2D eigenvalue weighted by molar-refractivity contribution is 6.01. The number of carbonyl (C=O) groups is 2. The number of aryl methyl sites for hydroxylation is 1. The van der Waals surface area contributed by atoms with Crippen molar-refractivity contribution in [1.29, 1.82) is 0 Å². The summed E-state index contributed by atoms with van der Waals surface area (Å²) >= 11 is 0. The number of carbonyl (C=O) groups excluding carboxylic acids is 2. The highest BCUT2D eigenvalue weighted by Gasteiger charge is 2.27. The number of nitrogens with two attached hydrogens (primary N) is 1. The van der Waals surface area contributed by atoms with Gasteiger partial charge in [-0.05, 0) is 30.0 Å². The fraction of sp³-hybridized carbons (Fsp3) is 0.333. The van der Waals surface area contributed by atoms with E-state index in [0.717, 1.165) is 24.1 Å². The molecule has 2 aromatic carbocycles. The molecule has 0 aromatic heterocycles. The van der Waals surface area contributed by atoms with Crippen molar-refractivity contribution >= 4 is 29.9 Å². The van der Waals surface area contributed by atoms with Gasteiger partial charge in [-0.15, -0.1) is 12.4 Å². The van der Waals surface area contributed by atoms with Crippen molar-refractivity contribution in [2.45, 2.75) is 19.3 Å². The number of rotatable bonds is 7. The molecule has 0 radical (unpaired) electrons. The SMILES string of the molecule is Cl.NCCN(CCc1ccccc1)C(=O)CN1C(=O)CCc2ccccc21. The summed E-state index contributed by atoms with van der Waals surface area (Å²) in [7, 11) is 0. The van der Waals surface area contributed by atoms with Crippen molar-refractivity contribution in [3.63, 3.8) is 0 Å². The smallest absolute Gasteiger partial charge is 0.242 e. The molecule has 2 N–H and O–H groups in total. The molecule has 5 nitrogen and oxygen atoms in total. The normalized spacial score (nSPS) is 12.9. The molecule has 0 atom stereocenters. The molecule has 2 amide bonds. The fourth-order valence-corrected chi connectivity index (χ4v) is 3.33. The van der Waals surface area contributed by atoms with Gasteiger partial charge in [-0.2, -0.15) is 0 Å². The molecule has 0 saturated heterocycles. The molecule has 0 bridgehead atoms. The number of amides is 2. The second-order valence-electron chi connectivity index (χ2n) is 6.51. The van der Waals surface area contributed by atoms with Gasteiger partial charge >= 0.3 is 0 Å². The average molecular weight is 388 g/mol. The maximum Gasteiger partial charge on any atom is 0.242 e. The molecule has 2 aromatic rings. The molecule has 0 saturated carbocycles. The molecule has 0 spiro atoms. The third-order valence-corrected chi connectivity index (χ3v) is 4.75. The zero-order chi connectivity index (χ0) is 18.4. The van der Waals surface area contributed by atoms with Crippen molar-refractivity contribution < 1.29 is 9.59 Å². The topological polar surface area (TPSA) is 66.6 Å². The summed E-state index contributed by atoms with van der Waals surface area (Å²) in [6, 6.07) is 17.9. The van der Waals surface area contributed by atoms with E-state index >= 15 is 0 Å². The Bertz CT molecular complexity index is 767. The highest BCUT2D eigenvalue weighted by Crippen LogP contribution is 2.27. The molecule has 144 valence electrons. The van der Waals surface area contributed by atoms with Crippen molar-refractivity contribution in [3.05, 3.63) is 65.7 Å². The van der Waals surface area contributed by atoms with Gasteiger partial charge in [-0.1, -0.05) is 48.5 Å². The lowest BCUT2D eigenvalue weighted by molar-refractivity contribution is -0.131. The lowest BCUT2D eigenvalue weighted by Gasteiger charge is -2.31.